The maximum Gasteiger partial charge on any atom is 0.322 e. The number of hydrogen-bond acceptors (Lipinski definition) is 3. The molecule has 25 heavy (non-hydrogen) atoms. The first-order valence-corrected chi connectivity index (χ1v) is 8.48. The number of rotatable bonds is 4. The normalized spacial score (nSPS) is 16.6. The van der Waals surface area contributed by atoms with E-state index in [2.05, 4.69) is 5.32 Å². The number of hydrogen-bond donors (Lipinski definition) is 1. The highest BCUT2D eigenvalue weighted by atomic mass is 16.5. The minimum Gasteiger partial charge on any atom is -0.497 e. The predicted octanol–water partition coefficient (Wildman–Crippen LogP) is 4.38. The summed E-state index contributed by atoms with van der Waals surface area (Å²) in [6.45, 7) is 2.74. The van der Waals surface area contributed by atoms with E-state index in [-0.39, 0.29) is 12.1 Å². The average Bonchev–Trinajstić information content (AvgIpc) is 3.12. The van der Waals surface area contributed by atoms with E-state index in [9.17, 15) is 4.79 Å². The van der Waals surface area contributed by atoms with Crippen LogP contribution in [0.3, 0.4) is 0 Å². The Morgan fingerprint density at radius 3 is 2.56 bits per heavy atom. The number of nitrogens with zero attached hydrogens (tertiary/aromatic N) is 1. The van der Waals surface area contributed by atoms with Crippen molar-refractivity contribution in [3.63, 3.8) is 0 Å². The van der Waals surface area contributed by atoms with E-state index in [0.29, 0.717) is 11.4 Å². The van der Waals surface area contributed by atoms with Gasteiger partial charge in [-0.25, -0.2) is 4.79 Å². The number of likely N-dealkylation sites (tertiary alicyclic amines) is 1. The summed E-state index contributed by atoms with van der Waals surface area (Å²) in [7, 11) is 3.26. The number of aryl methyl sites for hydroxylation is 1. The highest BCUT2D eigenvalue weighted by Gasteiger charge is 2.30. The number of amides is 2. The van der Waals surface area contributed by atoms with Gasteiger partial charge in [0, 0.05) is 6.54 Å². The summed E-state index contributed by atoms with van der Waals surface area (Å²) in [5.74, 6) is 1.49. The minimum atomic E-state index is -0.0952. The molecule has 2 aromatic rings. The monoisotopic (exact) mass is 340 g/mol. The first-order valence-electron chi connectivity index (χ1n) is 8.48. The van der Waals surface area contributed by atoms with Gasteiger partial charge in [0.05, 0.1) is 25.9 Å². The van der Waals surface area contributed by atoms with Crippen LogP contribution in [0.25, 0.3) is 0 Å². The Morgan fingerprint density at radius 2 is 1.88 bits per heavy atom. The van der Waals surface area contributed by atoms with Crippen molar-refractivity contribution in [3.05, 3.63) is 53.6 Å². The molecular weight excluding hydrogens is 316 g/mol. The lowest BCUT2D eigenvalue weighted by Gasteiger charge is -2.26. The Bertz CT molecular complexity index is 743. The van der Waals surface area contributed by atoms with Crippen LogP contribution >= 0.6 is 0 Å². The van der Waals surface area contributed by atoms with Gasteiger partial charge in [0.15, 0.2) is 0 Å². The van der Waals surface area contributed by atoms with E-state index in [1.54, 1.807) is 14.2 Å². The molecule has 0 aliphatic carbocycles. The third-order valence-electron chi connectivity index (χ3n) is 4.61. The van der Waals surface area contributed by atoms with Crippen LogP contribution in [0.15, 0.2) is 42.5 Å². The van der Waals surface area contributed by atoms with Crippen molar-refractivity contribution in [2.24, 2.45) is 0 Å². The molecule has 1 aliphatic heterocycles. The molecule has 1 heterocycles. The van der Waals surface area contributed by atoms with Gasteiger partial charge in [-0.2, -0.15) is 0 Å². The molecule has 5 nitrogen and oxygen atoms in total. The number of anilines is 1. The van der Waals surface area contributed by atoms with Crippen molar-refractivity contribution in [2.45, 2.75) is 25.8 Å². The van der Waals surface area contributed by atoms with Gasteiger partial charge < -0.3 is 19.7 Å². The number of urea groups is 1. The van der Waals surface area contributed by atoms with Crippen LogP contribution in [0, 0.1) is 6.92 Å². The fraction of sp³-hybridized carbons (Fsp3) is 0.350. The average molecular weight is 340 g/mol. The van der Waals surface area contributed by atoms with Crippen LogP contribution in [-0.4, -0.2) is 31.7 Å². The van der Waals surface area contributed by atoms with Crippen molar-refractivity contribution in [1.82, 2.24) is 4.90 Å². The number of carbonyl (C=O) groups is 1. The third-order valence-corrected chi connectivity index (χ3v) is 4.61. The molecule has 0 unspecified atom stereocenters. The first kappa shape index (κ1) is 17.1. The summed E-state index contributed by atoms with van der Waals surface area (Å²) < 4.78 is 10.6. The van der Waals surface area contributed by atoms with Gasteiger partial charge in [-0.15, -0.1) is 0 Å². The molecule has 0 saturated carbocycles. The summed E-state index contributed by atoms with van der Waals surface area (Å²) in [6.07, 6.45) is 1.96. The summed E-state index contributed by atoms with van der Waals surface area (Å²) in [5.41, 5.74) is 2.90. The Labute approximate surface area is 148 Å². The smallest absolute Gasteiger partial charge is 0.322 e. The number of carbonyl (C=O) groups excluding carboxylic acids is 1. The standard InChI is InChI=1S/C20H24N2O3/c1-14-6-11-19(25-3)17(13-14)21-20(23)22-12-4-5-18(22)15-7-9-16(24-2)10-8-15/h6-11,13,18H,4-5,12H2,1-3H3,(H,21,23)/t18-/m0/s1. The fourth-order valence-electron chi connectivity index (χ4n) is 3.29. The summed E-state index contributed by atoms with van der Waals surface area (Å²) in [5, 5.41) is 3.00. The maximum atomic E-state index is 12.8. The molecule has 1 atom stereocenters. The highest BCUT2D eigenvalue weighted by molar-refractivity contribution is 5.91. The van der Waals surface area contributed by atoms with Gasteiger partial charge >= 0.3 is 6.03 Å². The molecule has 1 aliphatic rings. The van der Waals surface area contributed by atoms with Gasteiger partial charge in [-0.1, -0.05) is 18.2 Å². The molecule has 0 aromatic heterocycles. The minimum absolute atomic E-state index is 0.0849. The molecule has 1 saturated heterocycles. The van der Waals surface area contributed by atoms with Gasteiger partial charge in [0.25, 0.3) is 0 Å². The van der Waals surface area contributed by atoms with Crippen molar-refractivity contribution < 1.29 is 14.3 Å². The molecule has 0 spiro atoms. The Kier molecular flexibility index (Phi) is 5.12. The first-order chi connectivity index (χ1) is 12.1. The fourth-order valence-corrected chi connectivity index (χ4v) is 3.29. The summed E-state index contributed by atoms with van der Waals surface area (Å²) in [4.78, 5) is 14.7. The van der Waals surface area contributed by atoms with Gasteiger partial charge in [-0.3, -0.25) is 0 Å². The van der Waals surface area contributed by atoms with E-state index in [0.717, 1.165) is 36.3 Å². The third kappa shape index (κ3) is 3.71. The zero-order valence-electron chi connectivity index (χ0n) is 14.9. The van der Waals surface area contributed by atoms with Gasteiger partial charge in [0.1, 0.15) is 11.5 Å². The molecule has 5 heteroatoms. The zero-order chi connectivity index (χ0) is 17.8. The predicted molar refractivity (Wildman–Crippen MR) is 98.4 cm³/mol. The van der Waals surface area contributed by atoms with E-state index in [1.807, 2.05) is 54.3 Å². The molecule has 2 aromatic carbocycles. The van der Waals surface area contributed by atoms with Crippen molar-refractivity contribution in [2.75, 3.05) is 26.1 Å². The van der Waals surface area contributed by atoms with Crippen molar-refractivity contribution >= 4 is 11.7 Å². The lowest BCUT2D eigenvalue weighted by Crippen LogP contribution is -2.34. The Hall–Kier alpha value is -2.69. The number of ether oxygens (including phenoxy) is 2. The van der Waals surface area contributed by atoms with Crippen molar-refractivity contribution in [3.8, 4) is 11.5 Å². The van der Waals surface area contributed by atoms with Gasteiger partial charge in [-0.05, 0) is 55.2 Å². The number of methoxy groups -OCH3 is 2. The molecule has 132 valence electrons. The molecule has 1 N–H and O–H groups in total. The van der Waals surface area contributed by atoms with Crippen LogP contribution < -0.4 is 14.8 Å². The van der Waals surface area contributed by atoms with Crippen LogP contribution in [0.5, 0.6) is 11.5 Å². The summed E-state index contributed by atoms with van der Waals surface area (Å²) >= 11 is 0. The maximum absolute atomic E-state index is 12.8. The Morgan fingerprint density at radius 1 is 1.12 bits per heavy atom. The second-order valence-corrected chi connectivity index (χ2v) is 6.26. The molecule has 0 radical (unpaired) electrons. The van der Waals surface area contributed by atoms with Crippen LogP contribution in [0.1, 0.15) is 30.0 Å². The molecule has 1 fully saturated rings. The number of nitrogens with one attached hydrogen (secondary N) is 1. The lowest BCUT2D eigenvalue weighted by atomic mass is 10.0. The van der Waals surface area contributed by atoms with Crippen LogP contribution in [0.4, 0.5) is 10.5 Å². The summed E-state index contributed by atoms with van der Waals surface area (Å²) in [6, 6.07) is 13.7. The van der Waals surface area contributed by atoms with E-state index < -0.39 is 0 Å². The van der Waals surface area contributed by atoms with E-state index in [4.69, 9.17) is 9.47 Å². The quantitative estimate of drug-likeness (QED) is 0.898. The topological polar surface area (TPSA) is 50.8 Å². The SMILES string of the molecule is COc1ccc([C@@H]2CCCN2C(=O)Nc2cc(C)ccc2OC)cc1. The number of benzene rings is 2. The highest BCUT2D eigenvalue weighted by Crippen LogP contribution is 2.34. The van der Waals surface area contributed by atoms with Crippen LogP contribution in [-0.2, 0) is 0 Å². The van der Waals surface area contributed by atoms with Crippen molar-refractivity contribution in [1.29, 1.82) is 0 Å². The molecular formula is C20H24N2O3. The largest absolute Gasteiger partial charge is 0.497 e. The second kappa shape index (κ2) is 7.47. The van der Waals surface area contributed by atoms with Gasteiger partial charge in [0.2, 0.25) is 0 Å². The molecule has 0 bridgehead atoms. The second-order valence-electron chi connectivity index (χ2n) is 6.26. The lowest BCUT2D eigenvalue weighted by molar-refractivity contribution is 0.207. The zero-order valence-corrected chi connectivity index (χ0v) is 14.9. The van der Waals surface area contributed by atoms with E-state index >= 15 is 0 Å². The van der Waals surface area contributed by atoms with Crippen LogP contribution in [0.2, 0.25) is 0 Å². The van der Waals surface area contributed by atoms with E-state index in [1.165, 1.54) is 0 Å². The molecule has 2 amide bonds. The molecule has 3 rings (SSSR count). The Balaban J connectivity index is 1.77.